The fourth-order valence-corrected chi connectivity index (χ4v) is 0.745. The molecule has 0 amide bonds. The molecule has 0 aromatic carbocycles. The van der Waals surface area contributed by atoms with Crippen molar-refractivity contribution in [2.24, 2.45) is 0 Å². The van der Waals surface area contributed by atoms with Crippen LogP contribution in [0.1, 0.15) is 6.42 Å². The van der Waals surface area contributed by atoms with Crippen molar-refractivity contribution in [1.29, 1.82) is 0 Å². The first-order chi connectivity index (χ1) is 4.33. The molecule has 3 heteroatoms. The van der Waals surface area contributed by atoms with Gasteiger partial charge in [0, 0.05) is 12.5 Å². The predicted octanol–water partition coefficient (Wildman–Crippen LogP) is -0.150. The molecule has 1 aliphatic heterocycles. The van der Waals surface area contributed by atoms with Gasteiger partial charge in [0.25, 0.3) is 0 Å². The van der Waals surface area contributed by atoms with Crippen LogP contribution in [0.3, 0.4) is 0 Å². The minimum atomic E-state index is -0.420. The molecule has 0 radical (unpaired) electrons. The summed E-state index contributed by atoms with van der Waals surface area (Å²) in [6.07, 6.45) is 2.04. The van der Waals surface area contributed by atoms with E-state index in [-0.39, 0.29) is 0 Å². The topological polar surface area (TPSA) is 46.5 Å². The number of aldehydes is 1. The molecule has 1 saturated heterocycles. The van der Waals surface area contributed by atoms with Crippen molar-refractivity contribution < 1.29 is 14.6 Å². The van der Waals surface area contributed by atoms with Gasteiger partial charge in [-0.3, -0.25) is 4.79 Å². The molecule has 1 N–H and O–H groups in total. The summed E-state index contributed by atoms with van der Waals surface area (Å²) in [5, 5.41) is 8.84. The van der Waals surface area contributed by atoms with Crippen LogP contribution in [0.5, 0.6) is 0 Å². The van der Waals surface area contributed by atoms with Crippen molar-refractivity contribution in [2.75, 3.05) is 6.61 Å². The second-order valence-electron chi connectivity index (χ2n) is 1.94. The van der Waals surface area contributed by atoms with Crippen LogP contribution >= 0.6 is 0 Å². The molecule has 3 nitrogen and oxygen atoms in total. The summed E-state index contributed by atoms with van der Waals surface area (Å²) in [6, 6.07) is 0. The van der Waals surface area contributed by atoms with Crippen molar-refractivity contribution >= 4 is 6.29 Å². The Morgan fingerprint density at radius 3 is 3.00 bits per heavy atom. The fraction of sp³-hybridized carbons (Fsp3) is 0.500. The third kappa shape index (κ3) is 1.54. The number of rotatable bonds is 1. The van der Waals surface area contributed by atoms with Gasteiger partial charge < -0.3 is 9.84 Å². The van der Waals surface area contributed by atoms with Crippen molar-refractivity contribution in [2.45, 2.75) is 12.5 Å². The van der Waals surface area contributed by atoms with Gasteiger partial charge in [0.15, 0.2) is 0 Å². The average molecular weight is 128 g/mol. The predicted molar refractivity (Wildman–Crippen MR) is 30.7 cm³/mol. The molecule has 1 unspecified atom stereocenters. The van der Waals surface area contributed by atoms with E-state index >= 15 is 0 Å². The van der Waals surface area contributed by atoms with E-state index in [4.69, 9.17) is 9.84 Å². The first kappa shape index (κ1) is 6.29. The molecular formula is C6H8O3. The van der Waals surface area contributed by atoms with E-state index in [0.717, 1.165) is 0 Å². The summed E-state index contributed by atoms with van der Waals surface area (Å²) < 4.78 is 4.89. The highest BCUT2D eigenvalue weighted by molar-refractivity contribution is 5.65. The Hall–Kier alpha value is -0.830. The Bertz CT molecular complexity index is 139. The standard InChI is InChI=1S/C6H8O3/c7-2-1-6-3-5(8)4-9-6/h1-2,5,8H,3-4H2/b6-1-. The van der Waals surface area contributed by atoms with Gasteiger partial charge in [-0.15, -0.1) is 0 Å². The lowest BCUT2D eigenvalue weighted by Crippen LogP contribution is -2.02. The Morgan fingerprint density at radius 1 is 1.78 bits per heavy atom. The lowest BCUT2D eigenvalue weighted by molar-refractivity contribution is -0.104. The number of aliphatic hydroxyl groups is 1. The maximum Gasteiger partial charge on any atom is 0.146 e. The molecule has 0 spiro atoms. The van der Waals surface area contributed by atoms with Crippen molar-refractivity contribution in [3.05, 3.63) is 11.8 Å². The highest BCUT2D eigenvalue weighted by Gasteiger charge is 2.16. The van der Waals surface area contributed by atoms with E-state index in [1.807, 2.05) is 0 Å². The molecule has 9 heavy (non-hydrogen) atoms. The lowest BCUT2D eigenvalue weighted by Gasteiger charge is -1.90. The molecule has 0 aromatic rings. The molecule has 1 heterocycles. The zero-order valence-corrected chi connectivity index (χ0v) is 4.91. The molecule has 0 aromatic heterocycles. The SMILES string of the molecule is O=C/C=C1/CC(O)CO1. The van der Waals surface area contributed by atoms with Crippen molar-refractivity contribution in [3.8, 4) is 0 Å². The molecule has 50 valence electrons. The van der Waals surface area contributed by atoms with Gasteiger partial charge in [-0.1, -0.05) is 0 Å². The van der Waals surface area contributed by atoms with Crippen LogP contribution in [0.4, 0.5) is 0 Å². The zero-order valence-electron chi connectivity index (χ0n) is 4.91. The molecule has 1 atom stereocenters. The van der Waals surface area contributed by atoms with E-state index in [0.29, 0.717) is 25.1 Å². The zero-order chi connectivity index (χ0) is 6.69. The van der Waals surface area contributed by atoms with E-state index in [1.165, 1.54) is 6.08 Å². The van der Waals surface area contributed by atoms with E-state index in [2.05, 4.69) is 0 Å². The first-order valence-corrected chi connectivity index (χ1v) is 2.78. The molecule has 1 aliphatic rings. The number of carbonyl (C=O) groups excluding carboxylic acids is 1. The highest BCUT2D eigenvalue weighted by Crippen LogP contribution is 2.15. The molecular weight excluding hydrogens is 120 g/mol. The second kappa shape index (κ2) is 2.64. The van der Waals surface area contributed by atoms with E-state index in [9.17, 15) is 4.79 Å². The summed E-state index contributed by atoms with van der Waals surface area (Å²) >= 11 is 0. The van der Waals surface area contributed by atoms with Gasteiger partial charge in [-0.05, 0) is 0 Å². The van der Waals surface area contributed by atoms with Crippen LogP contribution in [0.15, 0.2) is 11.8 Å². The quantitative estimate of drug-likeness (QED) is 0.394. The Balaban J connectivity index is 2.47. The van der Waals surface area contributed by atoms with Gasteiger partial charge >= 0.3 is 0 Å². The summed E-state index contributed by atoms with van der Waals surface area (Å²) in [7, 11) is 0. The largest absolute Gasteiger partial charge is 0.495 e. The monoisotopic (exact) mass is 128 g/mol. The third-order valence-electron chi connectivity index (χ3n) is 1.15. The van der Waals surface area contributed by atoms with Crippen LogP contribution in [-0.2, 0) is 9.53 Å². The maximum atomic E-state index is 9.83. The van der Waals surface area contributed by atoms with Gasteiger partial charge in [0.1, 0.15) is 18.7 Å². The van der Waals surface area contributed by atoms with Crippen molar-refractivity contribution in [1.82, 2.24) is 0 Å². The minimum absolute atomic E-state index is 0.319. The average Bonchev–Trinajstić information content (AvgIpc) is 2.17. The minimum Gasteiger partial charge on any atom is -0.495 e. The van der Waals surface area contributed by atoms with Gasteiger partial charge in [0.2, 0.25) is 0 Å². The van der Waals surface area contributed by atoms with Crippen molar-refractivity contribution in [3.63, 3.8) is 0 Å². The summed E-state index contributed by atoms with van der Waals surface area (Å²) in [5.74, 6) is 0.581. The summed E-state index contributed by atoms with van der Waals surface area (Å²) in [4.78, 5) is 9.83. The fourth-order valence-electron chi connectivity index (χ4n) is 0.745. The Labute approximate surface area is 52.9 Å². The molecule has 0 saturated carbocycles. The molecule has 0 aliphatic carbocycles. The molecule has 1 rings (SSSR count). The number of ether oxygens (including phenoxy) is 1. The Kier molecular flexibility index (Phi) is 1.85. The number of aliphatic hydroxyl groups excluding tert-OH is 1. The van der Waals surface area contributed by atoms with Gasteiger partial charge in [-0.25, -0.2) is 0 Å². The van der Waals surface area contributed by atoms with Crippen LogP contribution in [-0.4, -0.2) is 24.1 Å². The number of hydrogen-bond acceptors (Lipinski definition) is 3. The van der Waals surface area contributed by atoms with Gasteiger partial charge in [0.05, 0.1) is 6.10 Å². The van der Waals surface area contributed by atoms with E-state index < -0.39 is 6.10 Å². The Morgan fingerprint density at radius 2 is 2.56 bits per heavy atom. The van der Waals surface area contributed by atoms with E-state index in [1.54, 1.807) is 0 Å². The molecule has 0 bridgehead atoms. The first-order valence-electron chi connectivity index (χ1n) is 2.78. The second-order valence-corrected chi connectivity index (χ2v) is 1.94. The van der Waals surface area contributed by atoms with Crippen LogP contribution in [0.2, 0.25) is 0 Å². The number of carbonyl (C=O) groups is 1. The smallest absolute Gasteiger partial charge is 0.146 e. The van der Waals surface area contributed by atoms with Crippen LogP contribution in [0.25, 0.3) is 0 Å². The van der Waals surface area contributed by atoms with Crippen LogP contribution < -0.4 is 0 Å². The summed E-state index contributed by atoms with van der Waals surface area (Å²) in [6.45, 7) is 0.319. The normalized spacial score (nSPS) is 30.3. The summed E-state index contributed by atoms with van der Waals surface area (Å²) in [5.41, 5.74) is 0. The number of hydrogen-bond donors (Lipinski definition) is 1. The lowest BCUT2D eigenvalue weighted by atomic mass is 10.3. The maximum absolute atomic E-state index is 9.83. The molecule has 1 fully saturated rings. The van der Waals surface area contributed by atoms with Gasteiger partial charge in [-0.2, -0.15) is 0 Å². The highest BCUT2D eigenvalue weighted by atomic mass is 16.5. The third-order valence-corrected chi connectivity index (χ3v) is 1.15. The number of allylic oxidation sites excluding steroid dienone is 1. The van der Waals surface area contributed by atoms with Crippen LogP contribution in [0, 0.1) is 0 Å².